The normalized spacial score (nSPS) is 15.4. The zero-order valence-electron chi connectivity index (χ0n) is 14.6. The van der Waals surface area contributed by atoms with E-state index >= 15 is 0 Å². The Balaban J connectivity index is 1.54. The van der Waals surface area contributed by atoms with E-state index in [9.17, 15) is 14.0 Å². The van der Waals surface area contributed by atoms with Gasteiger partial charge in [-0.15, -0.1) is 0 Å². The number of carbonyl (C=O) groups excluding carboxylic acids is 2. The lowest BCUT2D eigenvalue weighted by Crippen LogP contribution is -2.30. The maximum Gasteiger partial charge on any atom is 0.307 e. The number of hydrogen-bond donors (Lipinski definition) is 0. The summed E-state index contributed by atoms with van der Waals surface area (Å²) in [6.07, 6.45) is 1.67. The first-order valence-electron chi connectivity index (χ1n) is 8.33. The molecule has 0 aromatic heterocycles. The van der Waals surface area contributed by atoms with Crippen molar-refractivity contribution in [2.45, 2.75) is 13.0 Å². The Kier molecular flexibility index (Phi) is 6.83. The lowest BCUT2D eigenvalue weighted by molar-refractivity contribution is -0.145. The molecular weight excluding hydrogens is 421 g/mol. The van der Waals surface area contributed by atoms with Crippen LogP contribution >= 0.6 is 35.6 Å². The maximum atomic E-state index is 13.0. The molecule has 0 spiro atoms. The van der Waals surface area contributed by atoms with Crippen LogP contribution in [-0.2, 0) is 20.9 Å². The fraction of sp³-hybridized carbons (Fsp3) is 0.150. The number of carbonyl (C=O) groups is 2. The minimum Gasteiger partial charge on any atom is -0.461 e. The molecular formula is C20H15ClFNO3S2. The average molecular weight is 436 g/mol. The first-order chi connectivity index (χ1) is 13.4. The molecule has 0 unspecified atom stereocenters. The largest absolute Gasteiger partial charge is 0.461 e. The van der Waals surface area contributed by atoms with Crippen LogP contribution in [0.3, 0.4) is 0 Å². The number of rotatable bonds is 6. The SMILES string of the molecule is O=C(CCN1C(=O)C(=Cc2ccc(F)cc2)SC1=S)OCc1cccc(Cl)c1. The highest BCUT2D eigenvalue weighted by molar-refractivity contribution is 8.26. The summed E-state index contributed by atoms with van der Waals surface area (Å²) in [5.74, 6) is -1.06. The van der Waals surface area contributed by atoms with Crippen LogP contribution < -0.4 is 0 Å². The van der Waals surface area contributed by atoms with Gasteiger partial charge >= 0.3 is 5.97 Å². The quantitative estimate of drug-likeness (QED) is 0.370. The summed E-state index contributed by atoms with van der Waals surface area (Å²) in [5, 5.41) is 0.569. The number of hydrogen-bond acceptors (Lipinski definition) is 5. The van der Waals surface area contributed by atoms with E-state index < -0.39 is 5.97 Å². The zero-order valence-corrected chi connectivity index (χ0v) is 17.0. The highest BCUT2D eigenvalue weighted by Crippen LogP contribution is 2.32. The second-order valence-electron chi connectivity index (χ2n) is 5.93. The van der Waals surface area contributed by atoms with Crippen molar-refractivity contribution in [1.82, 2.24) is 4.90 Å². The van der Waals surface area contributed by atoms with Gasteiger partial charge in [-0.2, -0.15) is 0 Å². The number of amides is 1. The summed E-state index contributed by atoms with van der Waals surface area (Å²) in [7, 11) is 0. The Labute approximate surface area is 176 Å². The van der Waals surface area contributed by atoms with Crippen molar-refractivity contribution in [2.24, 2.45) is 0 Å². The molecule has 3 rings (SSSR count). The molecule has 0 saturated carbocycles. The molecule has 0 atom stereocenters. The predicted octanol–water partition coefficient (Wildman–Crippen LogP) is 4.81. The van der Waals surface area contributed by atoms with Gasteiger partial charge in [-0.1, -0.05) is 59.8 Å². The predicted molar refractivity (Wildman–Crippen MR) is 112 cm³/mol. The topological polar surface area (TPSA) is 46.6 Å². The van der Waals surface area contributed by atoms with Gasteiger partial charge < -0.3 is 4.74 Å². The fourth-order valence-corrected chi connectivity index (χ4v) is 3.99. The van der Waals surface area contributed by atoms with Crippen LogP contribution in [0.25, 0.3) is 6.08 Å². The molecule has 1 amide bonds. The van der Waals surface area contributed by atoms with Crippen molar-refractivity contribution in [1.29, 1.82) is 0 Å². The Morgan fingerprint density at radius 2 is 2.00 bits per heavy atom. The monoisotopic (exact) mass is 435 g/mol. The molecule has 28 heavy (non-hydrogen) atoms. The number of esters is 1. The molecule has 2 aromatic rings. The second kappa shape index (κ2) is 9.32. The standard InChI is InChI=1S/C20H15ClFNO3S2/c21-15-3-1-2-14(10-15)12-26-18(24)8-9-23-19(25)17(28-20(23)27)11-13-4-6-16(22)7-5-13/h1-7,10-11H,8-9,12H2. The van der Waals surface area contributed by atoms with Gasteiger partial charge in [0.1, 0.15) is 16.7 Å². The lowest BCUT2D eigenvalue weighted by atomic mass is 10.2. The average Bonchev–Trinajstić information content (AvgIpc) is 2.93. The molecule has 1 heterocycles. The van der Waals surface area contributed by atoms with Crippen LogP contribution in [0.4, 0.5) is 4.39 Å². The van der Waals surface area contributed by atoms with Crippen molar-refractivity contribution >= 4 is 57.9 Å². The van der Waals surface area contributed by atoms with Crippen LogP contribution in [0.1, 0.15) is 17.5 Å². The Bertz CT molecular complexity index is 947. The molecule has 144 valence electrons. The molecule has 0 radical (unpaired) electrons. The molecule has 4 nitrogen and oxygen atoms in total. The summed E-state index contributed by atoms with van der Waals surface area (Å²) >= 11 is 12.3. The number of thioether (sulfide) groups is 1. The molecule has 1 fully saturated rings. The van der Waals surface area contributed by atoms with Gasteiger partial charge in [0.2, 0.25) is 0 Å². The number of ether oxygens (including phenoxy) is 1. The van der Waals surface area contributed by atoms with Crippen LogP contribution in [0, 0.1) is 5.82 Å². The molecule has 0 bridgehead atoms. The fourth-order valence-electron chi connectivity index (χ4n) is 2.47. The van der Waals surface area contributed by atoms with Crippen molar-refractivity contribution in [3.8, 4) is 0 Å². The molecule has 1 aliphatic rings. The van der Waals surface area contributed by atoms with Gasteiger partial charge in [0, 0.05) is 11.6 Å². The first kappa shape index (κ1) is 20.5. The van der Waals surface area contributed by atoms with E-state index in [1.807, 2.05) is 0 Å². The first-order valence-corrected chi connectivity index (χ1v) is 9.93. The third-order valence-corrected chi connectivity index (χ3v) is 5.48. The van der Waals surface area contributed by atoms with Crippen molar-refractivity contribution in [3.63, 3.8) is 0 Å². The second-order valence-corrected chi connectivity index (χ2v) is 8.04. The third kappa shape index (κ3) is 5.41. The lowest BCUT2D eigenvalue weighted by Gasteiger charge is -2.13. The minimum atomic E-state index is -0.434. The maximum absolute atomic E-state index is 13.0. The summed E-state index contributed by atoms with van der Waals surface area (Å²) in [6, 6.07) is 12.8. The van der Waals surface area contributed by atoms with Gasteiger partial charge in [-0.3, -0.25) is 14.5 Å². The van der Waals surface area contributed by atoms with Crippen LogP contribution in [0.5, 0.6) is 0 Å². The van der Waals surface area contributed by atoms with E-state index in [0.717, 1.165) is 17.3 Å². The Morgan fingerprint density at radius 1 is 1.25 bits per heavy atom. The van der Waals surface area contributed by atoms with E-state index in [-0.39, 0.29) is 31.3 Å². The van der Waals surface area contributed by atoms with Crippen LogP contribution in [-0.4, -0.2) is 27.6 Å². The zero-order chi connectivity index (χ0) is 20.1. The van der Waals surface area contributed by atoms with Gasteiger partial charge in [0.25, 0.3) is 5.91 Å². The van der Waals surface area contributed by atoms with E-state index in [4.69, 9.17) is 28.6 Å². The number of halogens is 2. The Morgan fingerprint density at radius 3 is 2.71 bits per heavy atom. The van der Waals surface area contributed by atoms with Crippen molar-refractivity contribution < 1.29 is 18.7 Å². The number of benzene rings is 2. The van der Waals surface area contributed by atoms with E-state index in [1.54, 1.807) is 42.5 Å². The van der Waals surface area contributed by atoms with Gasteiger partial charge in [0.15, 0.2) is 0 Å². The highest BCUT2D eigenvalue weighted by Gasteiger charge is 2.32. The summed E-state index contributed by atoms with van der Waals surface area (Å²) in [6.45, 7) is 0.252. The molecule has 1 saturated heterocycles. The minimum absolute atomic E-state index is 0.0246. The third-order valence-electron chi connectivity index (χ3n) is 3.87. The summed E-state index contributed by atoms with van der Waals surface area (Å²) in [5.41, 5.74) is 1.48. The van der Waals surface area contributed by atoms with Crippen LogP contribution in [0.15, 0.2) is 53.4 Å². The molecule has 1 aliphatic heterocycles. The summed E-state index contributed by atoms with van der Waals surface area (Å²) < 4.78 is 18.6. The van der Waals surface area contributed by atoms with E-state index in [1.165, 1.54) is 17.0 Å². The number of nitrogens with zero attached hydrogens (tertiary/aromatic N) is 1. The summed E-state index contributed by atoms with van der Waals surface area (Å²) in [4.78, 5) is 26.3. The van der Waals surface area contributed by atoms with Gasteiger partial charge in [-0.25, -0.2) is 4.39 Å². The van der Waals surface area contributed by atoms with E-state index in [0.29, 0.717) is 19.8 Å². The number of thiocarbonyl (C=S) groups is 1. The molecule has 2 aromatic carbocycles. The molecule has 0 aliphatic carbocycles. The van der Waals surface area contributed by atoms with Crippen molar-refractivity contribution in [2.75, 3.05) is 6.54 Å². The molecule has 0 N–H and O–H groups in total. The van der Waals surface area contributed by atoms with Crippen molar-refractivity contribution in [3.05, 3.63) is 75.4 Å². The Hall–Kier alpha value is -2.22. The smallest absolute Gasteiger partial charge is 0.307 e. The van der Waals surface area contributed by atoms with E-state index in [2.05, 4.69) is 0 Å². The highest BCUT2D eigenvalue weighted by atomic mass is 35.5. The molecule has 8 heteroatoms. The van der Waals surface area contributed by atoms with Crippen LogP contribution in [0.2, 0.25) is 5.02 Å². The van der Waals surface area contributed by atoms with Gasteiger partial charge in [-0.05, 0) is 41.5 Å². The van der Waals surface area contributed by atoms with Gasteiger partial charge in [0.05, 0.1) is 11.3 Å².